The van der Waals surface area contributed by atoms with Crippen LogP contribution in [0.3, 0.4) is 0 Å². The molecule has 1 aromatic carbocycles. The van der Waals surface area contributed by atoms with E-state index >= 15 is 0 Å². The highest BCUT2D eigenvalue weighted by molar-refractivity contribution is 5.93. The van der Waals surface area contributed by atoms with E-state index in [1.54, 1.807) is 18.3 Å². The van der Waals surface area contributed by atoms with Crippen molar-refractivity contribution in [3.05, 3.63) is 30.5 Å². The van der Waals surface area contributed by atoms with Crippen molar-refractivity contribution in [3.63, 3.8) is 0 Å². The maximum absolute atomic E-state index is 11.1. The molecule has 5 heteroatoms. The largest absolute Gasteiger partial charge is 0.508 e. The fraction of sp³-hybridized carbons (Fsp3) is 0.231. The van der Waals surface area contributed by atoms with Gasteiger partial charge in [-0.15, -0.1) is 0 Å². The molecule has 3 rings (SSSR count). The molecular formula is C13H13N3O2. The van der Waals surface area contributed by atoms with E-state index < -0.39 is 0 Å². The number of nitrogens with one attached hydrogen (secondary N) is 2. The van der Waals surface area contributed by atoms with E-state index in [2.05, 4.69) is 15.6 Å². The van der Waals surface area contributed by atoms with Gasteiger partial charge in [-0.05, 0) is 23.6 Å². The van der Waals surface area contributed by atoms with E-state index in [0.717, 1.165) is 10.8 Å². The standard InChI is InChI=1S/C13H13N3O2/c17-10-2-1-8-3-4-14-13(11(8)6-10)16-9-5-12(18)15-7-9/h1-4,6,9,17H,5,7H2,(H,14,16)(H,15,18). The zero-order valence-electron chi connectivity index (χ0n) is 9.68. The Bertz CT molecular complexity index is 612. The molecule has 5 nitrogen and oxygen atoms in total. The second-order valence-corrected chi connectivity index (χ2v) is 4.41. The highest BCUT2D eigenvalue weighted by atomic mass is 16.3. The molecule has 3 N–H and O–H groups in total. The number of aromatic hydroxyl groups is 1. The van der Waals surface area contributed by atoms with Crippen LogP contribution in [0.25, 0.3) is 10.8 Å². The Morgan fingerprint density at radius 1 is 1.39 bits per heavy atom. The lowest BCUT2D eigenvalue weighted by atomic mass is 10.1. The van der Waals surface area contributed by atoms with Crippen molar-refractivity contribution in [3.8, 4) is 5.75 Å². The Morgan fingerprint density at radius 2 is 2.28 bits per heavy atom. The number of aromatic nitrogens is 1. The average Bonchev–Trinajstić information content (AvgIpc) is 2.76. The monoisotopic (exact) mass is 243 g/mol. The molecule has 2 heterocycles. The van der Waals surface area contributed by atoms with Gasteiger partial charge in [0, 0.05) is 24.5 Å². The Kier molecular flexibility index (Phi) is 2.51. The molecule has 0 aliphatic carbocycles. The minimum absolute atomic E-state index is 0.0515. The van der Waals surface area contributed by atoms with Gasteiger partial charge < -0.3 is 15.7 Å². The first-order chi connectivity index (χ1) is 8.72. The summed E-state index contributed by atoms with van der Waals surface area (Å²) in [7, 11) is 0. The van der Waals surface area contributed by atoms with Gasteiger partial charge in [-0.1, -0.05) is 6.07 Å². The van der Waals surface area contributed by atoms with Gasteiger partial charge in [0.1, 0.15) is 11.6 Å². The van der Waals surface area contributed by atoms with E-state index in [1.165, 1.54) is 0 Å². The molecule has 18 heavy (non-hydrogen) atoms. The summed E-state index contributed by atoms with van der Waals surface area (Å²) < 4.78 is 0. The van der Waals surface area contributed by atoms with E-state index in [-0.39, 0.29) is 17.7 Å². The molecule has 0 radical (unpaired) electrons. The zero-order valence-corrected chi connectivity index (χ0v) is 9.68. The molecule has 1 unspecified atom stereocenters. The summed E-state index contributed by atoms with van der Waals surface area (Å²) >= 11 is 0. The first-order valence-corrected chi connectivity index (χ1v) is 5.83. The molecule has 92 valence electrons. The average molecular weight is 243 g/mol. The van der Waals surface area contributed by atoms with E-state index in [9.17, 15) is 9.90 Å². The molecule has 1 atom stereocenters. The van der Waals surface area contributed by atoms with Crippen LogP contribution in [0.4, 0.5) is 5.82 Å². The summed E-state index contributed by atoms with van der Waals surface area (Å²) in [5.74, 6) is 0.958. The Labute approximate surface area is 104 Å². The summed E-state index contributed by atoms with van der Waals surface area (Å²) in [6.07, 6.45) is 2.17. The van der Waals surface area contributed by atoms with Crippen LogP contribution in [0.5, 0.6) is 5.75 Å². The molecule has 1 aliphatic heterocycles. The summed E-state index contributed by atoms with van der Waals surface area (Å²) in [6.45, 7) is 0.607. The fourth-order valence-corrected chi connectivity index (χ4v) is 2.17. The lowest BCUT2D eigenvalue weighted by molar-refractivity contribution is -0.119. The number of rotatable bonds is 2. The maximum atomic E-state index is 11.1. The predicted molar refractivity (Wildman–Crippen MR) is 68.4 cm³/mol. The van der Waals surface area contributed by atoms with E-state index in [4.69, 9.17) is 0 Å². The number of anilines is 1. The van der Waals surface area contributed by atoms with Crippen LogP contribution < -0.4 is 10.6 Å². The Hall–Kier alpha value is -2.30. The van der Waals surface area contributed by atoms with Crippen molar-refractivity contribution in [1.29, 1.82) is 0 Å². The van der Waals surface area contributed by atoms with Gasteiger partial charge in [0.15, 0.2) is 0 Å². The topological polar surface area (TPSA) is 74.2 Å². The van der Waals surface area contributed by atoms with Gasteiger partial charge in [-0.3, -0.25) is 4.79 Å². The van der Waals surface area contributed by atoms with Crippen molar-refractivity contribution in [2.45, 2.75) is 12.5 Å². The van der Waals surface area contributed by atoms with E-state index in [0.29, 0.717) is 18.8 Å². The number of hydrogen-bond acceptors (Lipinski definition) is 4. The lowest BCUT2D eigenvalue weighted by Crippen LogP contribution is -2.22. The minimum atomic E-state index is 0.0515. The van der Waals surface area contributed by atoms with Crippen LogP contribution in [-0.4, -0.2) is 28.6 Å². The number of fused-ring (bicyclic) bond motifs is 1. The fourth-order valence-electron chi connectivity index (χ4n) is 2.17. The summed E-state index contributed by atoms with van der Waals surface area (Å²) in [6, 6.07) is 7.10. The Morgan fingerprint density at radius 3 is 3.06 bits per heavy atom. The maximum Gasteiger partial charge on any atom is 0.222 e. The number of nitrogens with zero attached hydrogens (tertiary/aromatic N) is 1. The number of benzene rings is 1. The van der Waals surface area contributed by atoms with Gasteiger partial charge in [0.25, 0.3) is 0 Å². The second kappa shape index (κ2) is 4.18. The van der Waals surface area contributed by atoms with Gasteiger partial charge in [-0.25, -0.2) is 4.98 Å². The molecule has 0 saturated carbocycles. The Balaban J connectivity index is 1.96. The van der Waals surface area contributed by atoms with Crippen LogP contribution in [0.2, 0.25) is 0 Å². The van der Waals surface area contributed by atoms with Crippen LogP contribution in [0.15, 0.2) is 30.5 Å². The number of hydrogen-bond donors (Lipinski definition) is 3. The highest BCUT2D eigenvalue weighted by Gasteiger charge is 2.21. The molecule has 1 aromatic heterocycles. The predicted octanol–water partition coefficient (Wildman–Crippen LogP) is 1.24. The number of pyridine rings is 1. The van der Waals surface area contributed by atoms with Crippen LogP contribution in [0.1, 0.15) is 6.42 Å². The van der Waals surface area contributed by atoms with Crippen LogP contribution >= 0.6 is 0 Å². The summed E-state index contributed by atoms with van der Waals surface area (Å²) in [4.78, 5) is 15.4. The summed E-state index contributed by atoms with van der Waals surface area (Å²) in [5, 5.41) is 17.4. The van der Waals surface area contributed by atoms with Gasteiger partial charge in [0.2, 0.25) is 5.91 Å². The quantitative estimate of drug-likeness (QED) is 0.742. The number of carbonyl (C=O) groups excluding carboxylic acids is 1. The van der Waals surface area contributed by atoms with Crippen molar-refractivity contribution < 1.29 is 9.90 Å². The lowest BCUT2D eigenvalue weighted by Gasteiger charge is -2.13. The van der Waals surface area contributed by atoms with Gasteiger partial charge >= 0.3 is 0 Å². The van der Waals surface area contributed by atoms with E-state index in [1.807, 2.05) is 12.1 Å². The summed E-state index contributed by atoms with van der Waals surface area (Å²) in [5.41, 5.74) is 0. The van der Waals surface area contributed by atoms with Crippen molar-refractivity contribution >= 4 is 22.5 Å². The number of phenolic OH excluding ortho intramolecular Hbond substituents is 1. The third kappa shape index (κ3) is 1.95. The molecule has 0 bridgehead atoms. The molecule has 0 spiro atoms. The number of carbonyl (C=O) groups is 1. The van der Waals surface area contributed by atoms with Crippen molar-refractivity contribution in [2.24, 2.45) is 0 Å². The molecule has 2 aromatic rings. The van der Waals surface area contributed by atoms with Crippen LogP contribution in [0, 0.1) is 0 Å². The van der Waals surface area contributed by atoms with Gasteiger partial charge in [-0.2, -0.15) is 0 Å². The minimum Gasteiger partial charge on any atom is -0.508 e. The zero-order chi connectivity index (χ0) is 12.5. The number of amides is 1. The van der Waals surface area contributed by atoms with Crippen molar-refractivity contribution in [1.82, 2.24) is 10.3 Å². The smallest absolute Gasteiger partial charge is 0.222 e. The second-order valence-electron chi connectivity index (χ2n) is 4.41. The third-order valence-electron chi connectivity index (χ3n) is 3.07. The molecule has 1 fully saturated rings. The molecule has 1 aliphatic rings. The third-order valence-corrected chi connectivity index (χ3v) is 3.07. The first kappa shape index (κ1) is 10.8. The van der Waals surface area contributed by atoms with Crippen molar-refractivity contribution in [2.75, 3.05) is 11.9 Å². The molecular weight excluding hydrogens is 230 g/mol. The number of phenols is 1. The highest BCUT2D eigenvalue weighted by Crippen LogP contribution is 2.26. The first-order valence-electron chi connectivity index (χ1n) is 5.83. The molecule has 1 amide bonds. The molecule has 1 saturated heterocycles. The van der Waals surface area contributed by atoms with Gasteiger partial charge in [0.05, 0.1) is 6.04 Å². The van der Waals surface area contributed by atoms with Crippen LogP contribution in [-0.2, 0) is 4.79 Å². The normalized spacial score (nSPS) is 18.9. The SMILES string of the molecule is O=C1CC(Nc2nccc3ccc(O)cc23)CN1.